The third kappa shape index (κ3) is 5.56. The summed E-state index contributed by atoms with van der Waals surface area (Å²) >= 11 is 0.708. The SMILES string of the molecule is CC(C)Oc1cc(OC(C)C)c(OC(C)C)cc1CC1NC(=O)SC1=O. The summed E-state index contributed by atoms with van der Waals surface area (Å²) in [6.45, 7) is 11.6. The van der Waals surface area contributed by atoms with Crippen LogP contribution in [0.1, 0.15) is 47.1 Å². The highest BCUT2D eigenvalue weighted by Crippen LogP contribution is 2.38. The molecule has 1 aromatic carbocycles. The summed E-state index contributed by atoms with van der Waals surface area (Å²) in [6, 6.07) is 3.09. The van der Waals surface area contributed by atoms with E-state index < -0.39 is 6.04 Å². The Balaban J connectivity index is 2.41. The van der Waals surface area contributed by atoms with Crippen LogP contribution in [0.15, 0.2) is 12.1 Å². The molecular weight excluding hydrogens is 354 g/mol. The minimum Gasteiger partial charge on any atom is -0.491 e. The number of carbonyl (C=O) groups excluding carboxylic acids is 2. The molecule has 1 aliphatic heterocycles. The highest BCUT2D eigenvalue weighted by molar-refractivity contribution is 8.26. The molecule has 6 nitrogen and oxygen atoms in total. The first kappa shape index (κ1) is 20.4. The van der Waals surface area contributed by atoms with Crippen molar-refractivity contribution in [3.05, 3.63) is 17.7 Å². The van der Waals surface area contributed by atoms with Crippen LogP contribution in [-0.2, 0) is 11.2 Å². The fourth-order valence-corrected chi connectivity index (χ4v) is 3.21. The molecule has 0 bridgehead atoms. The topological polar surface area (TPSA) is 73.9 Å². The van der Waals surface area contributed by atoms with Crippen molar-refractivity contribution in [2.24, 2.45) is 0 Å². The van der Waals surface area contributed by atoms with Crippen molar-refractivity contribution in [1.82, 2.24) is 5.32 Å². The van der Waals surface area contributed by atoms with Gasteiger partial charge in [0.25, 0.3) is 5.24 Å². The summed E-state index contributed by atoms with van der Waals surface area (Å²) in [4.78, 5) is 23.4. The molecule has 2 rings (SSSR count). The second kappa shape index (κ2) is 8.66. The molecule has 1 atom stereocenters. The van der Waals surface area contributed by atoms with Gasteiger partial charge in [-0.05, 0) is 47.6 Å². The number of thioether (sulfide) groups is 1. The molecule has 0 aliphatic carbocycles. The Kier molecular flexibility index (Phi) is 6.81. The van der Waals surface area contributed by atoms with Gasteiger partial charge in [-0.25, -0.2) is 0 Å². The minimum atomic E-state index is -0.564. The van der Waals surface area contributed by atoms with Crippen LogP contribution in [-0.4, -0.2) is 34.7 Å². The number of amides is 1. The number of hydrogen-bond donors (Lipinski definition) is 1. The molecule has 0 radical (unpaired) electrons. The maximum Gasteiger partial charge on any atom is 0.287 e. The Morgan fingerprint density at radius 2 is 1.38 bits per heavy atom. The summed E-state index contributed by atoms with van der Waals surface area (Å²) in [5.74, 6) is 1.83. The van der Waals surface area contributed by atoms with E-state index in [9.17, 15) is 9.59 Å². The summed E-state index contributed by atoms with van der Waals surface area (Å²) in [7, 11) is 0. The van der Waals surface area contributed by atoms with E-state index in [4.69, 9.17) is 14.2 Å². The van der Waals surface area contributed by atoms with Crippen LogP contribution in [0.2, 0.25) is 0 Å². The lowest BCUT2D eigenvalue weighted by Crippen LogP contribution is -2.31. The predicted molar refractivity (Wildman–Crippen MR) is 102 cm³/mol. The number of benzene rings is 1. The number of ether oxygens (including phenoxy) is 3. The average Bonchev–Trinajstić information content (AvgIpc) is 2.79. The summed E-state index contributed by atoms with van der Waals surface area (Å²) in [5, 5.41) is 2.19. The molecule has 1 N–H and O–H groups in total. The van der Waals surface area contributed by atoms with Crippen LogP contribution in [0, 0.1) is 0 Å². The number of rotatable bonds is 8. The molecule has 1 saturated heterocycles. The third-order valence-corrected chi connectivity index (χ3v) is 4.20. The molecule has 26 heavy (non-hydrogen) atoms. The van der Waals surface area contributed by atoms with Crippen LogP contribution in [0.4, 0.5) is 4.79 Å². The zero-order valence-electron chi connectivity index (χ0n) is 16.1. The third-order valence-electron chi connectivity index (χ3n) is 3.41. The van der Waals surface area contributed by atoms with E-state index in [1.54, 1.807) is 6.07 Å². The minimum absolute atomic E-state index is 0.0191. The van der Waals surface area contributed by atoms with Gasteiger partial charge >= 0.3 is 0 Å². The molecule has 1 unspecified atom stereocenters. The maximum atomic E-state index is 12.0. The molecule has 1 aromatic rings. The van der Waals surface area contributed by atoms with Crippen molar-refractivity contribution in [3.8, 4) is 17.2 Å². The molecule has 0 spiro atoms. The van der Waals surface area contributed by atoms with Gasteiger partial charge in [-0.1, -0.05) is 0 Å². The van der Waals surface area contributed by atoms with E-state index in [0.717, 1.165) is 5.56 Å². The lowest BCUT2D eigenvalue weighted by Gasteiger charge is -2.22. The molecule has 7 heteroatoms. The summed E-state index contributed by atoms with van der Waals surface area (Å²) in [5.41, 5.74) is 0.798. The molecule has 0 aromatic heterocycles. The van der Waals surface area contributed by atoms with E-state index in [1.165, 1.54) is 0 Å². The van der Waals surface area contributed by atoms with E-state index in [-0.39, 0.29) is 28.7 Å². The normalized spacial score (nSPS) is 17.2. The van der Waals surface area contributed by atoms with Gasteiger partial charge in [-0.2, -0.15) is 0 Å². The van der Waals surface area contributed by atoms with Gasteiger partial charge in [-0.3, -0.25) is 9.59 Å². The van der Waals surface area contributed by atoms with Crippen LogP contribution in [0.3, 0.4) is 0 Å². The van der Waals surface area contributed by atoms with Crippen LogP contribution in [0.5, 0.6) is 17.2 Å². The summed E-state index contributed by atoms with van der Waals surface area (Å²) < 4.78 is 17.7. The molecule has 1 amide bonds. The Morgan fingerprint density at radius 1 is 0.885 bits per heavy atom. The average molecular weight is 381 g/mol. The van der Waals surface area contributed by atoms with Crippen LogP contribution < -0.4 is 19.5 Å². The van der Waals surface area contributed by atoms with Crippen molar-refractivity contribution in [3.63, 3.8) is 0 Å². The van der Waals surface area contributed by atoms with Crippen LogP contribution >= 0.6 is 11.8 Å². The quantitative estimate of drug-likeness (QED) is 0.735. The van der Waals surface area contributed by atoms with Gasteiger partial charge in [0.2, 0.25) is 5.12 Å². The fourth-order valence-electron chi connectivity index (χ4n) is 2.55. The molecule has 144 valence electrons. The predicted octanol–water partition coefficient (Wildman–Crippen LogP) is 3.94. The smallest absolute Gasteiger partial charge is 0.287 e. The number of hydrogen-bond acceptors (Lipinski definition) is 6. The first-order valence-electron chi connectivity index (χ1n) is 8.84. The Morgan fingerprint density at radius 3 is 1.85 bits per heavy atom. The second-order valence-electron chi connectivity index (χ2n) is 7.02. The Labute approximate surface area is 159 Å². The van der Waals surface area contributed by atoms with Gasteiger partial charge in [0.1, 0.15) is 11.8 Å². The first-order valence-corrected chi connectivity index (χ1v) is 9.66. The van der Waals surface area contributed by atoms with Crippen molar-refractivity contribution >= 4 is 22.1 Å². The number of carbonyl (C=O) groups is 2. The first-order chi connectivity index (χ1) is 12.2. The zero-order chi connectivity index (χ0) is 19.4. The molecule has 1 fully saturated rings. The highest BCUT2D eigenvalue weighted by atomic mass is 32.2. The second-order valence-corrected chi connectivity index (χ2v) is 7.99. The summed E-state index contributed by atoms with van der Waals surface area (Å²) in [6.07, 6.45) is 0.253. The van der Waals surface area contributed by atoms with Crippen molar-refractivity contribution in [2.45, 2.75) is 72.3 Å². The van der Waals surface area contributed by atoms with Crippen molar-refractivity contribution in [1.29, 1.82) is 0 Å². The standard InChI is InChI=1S/C19H27NO5S/c1-10(2)23-15-9-17(25-12(5)6)16(24-11(3)4)8-13(15)7-14-18(21)26-19(22)20-14/h8-12,14H,7H2,1-6H3,(H,20,22). The van der Waals surface area contributed by atoms with Crippen molar-refractivity contribution < 1.29 is 23.8 Å². The van der Waals surface area contributed by atoms with E-state index in [1.807, 2.05) is 47.6 Å². The lowest BCUT2D eigenvalue weighted by molar-refractivity contribution is -0.112. The molecular formula is C19H27NO5S. The van der Waals surface area contributed by atoms with Crippen molar-refractivity contribution in [2.75, 3.05) is 0 Å². The van der Waals surface area contributed by atoms with Gasteiger partial charge in [0, 0.05) is 29.8 Å². The van der Waals surface area contributed by atoms with Gasteiger partial charge < -0.3 is 19.5 Å². The van der Waals surface area contributed by atoms with E-state index in [0.29, 0.717) is 35.4 Å². The Bertz CT molecular complexity index is 672. The highest BCUT2D eigenvalue weighted by Gasteiger charge is 2.32. The lowest BCUT2D eigenvalue weighted by atomic mass is 10.0. The number of nitrogens with one attached hydrogen (secondary N) is 1. The monoisotopic (exact) mass is 381 g/mol. The van der Waals surface area contributed by atoms with Gasteiger partial charge in [-0.15, -0.1) is 0 Å². The van der Waals surface area contributed by atoms with E-state index in [2.05, 4.69) is 5.32 Å². The molecule has 1 aliphatic rings. The largest absolute Gasteiger partial charge is 0.491 e. The molecule has 0 saturated carbocycles. The van der Waals surface area contributed by atoms with Gasteiger partial charge in [0.15, 0.2) is 11.5 Å². The zero-order valence-corrected chi connectivity index (χ0v) is 16.9. The fraction of sp³-hybridized carbons (Fsp3) is 0.579. The van der Waals surface area contributed by atoms with Crippen LogP contribution in [0.25, 0.3) is 0 Å². The maximum absolute atomic E-state index is 12.0. The Hall–Kier alpha value is -1.89. The van der Waals surface area contributed by atoms with Gasteiger partial charge in [0.05, 0.1) is 18.3 Å². The molecule has 1 heterocycles. The van der Waals surface area contributed by atoms with E-state index >= 15 is 0 Å².